The minimum atomic E-state index is 0.200. The van der Waals surface area contributed by atoms with Crippen LogP contribution in [0.25, 0.3) is 0 Å². The normalized spacial score (nSPS) is 10.2. The van der Waals surface area contributed by atoms with Crippen LogP contribution >= 0.6 is 22.9 Å². The molecule has 2 aromatic heterocycles. The Labute approximate surface area is 95.3 Å². The van der Waals surface area contributed by atoms with Gasteiger partial charge in [-0.15, -0.1) is 11.3 Å². The number of aromatic nitrogens is 3. The molecule has 0 aliphatic carbocycles. The molecule has 3 N–H and O–H groups in total. The fraction of sp³-hybridized carbons (Fsp3) is 0.125. The Morgan fingerprint density at radius 2 is 2.33 bits per heavy atom. The van der Waals surface area contributed by atoms with Gasteiger partial charge in [0.15, 0.2) is 5.82 Å². The monoisotopic (exact) mass is 241 g/mol. The van der Waals surface area contributed by atoms with Crippen molar-refractivity contribution in [3.8, 4) is 0 Å². The largest absolute Gasteiger partial charge is 0.368 e. The van der Waals surface area contributed by atoms with Crippen LogP contribution in [0.3, 0.4) is 0 Å². The first kappa shape index (κ1) is 10.1. The highest BCUT2D eigenvalue weighted by Crippen LogP contribution is 2.19. The van der Waals surface area contributed by atoms with E-state index in [0.29, 0.717) is 17.4 Å². The molecule has 0 unspecified atom stereocenters. The molecule has 5 nitrogen and oxygen atoms in total. The molecule has 0 amide bonds. The molecule has 15 heavy (non-hydrogen) atoms. The zero-order valence-electron chi connectivity index (χ0n) is 7.64. The molecule has 0 spiro atoms. The first-order valence-electron chi connectivity index (χ1n) is 4.15. The van der Waals surface area contributed by atoms with E-state index in [1.165, 1.54) is 6.20 Å². The summed E-state index contributed by atoms with van der Waals surface area (Å²) in [7, 11) is 0. The van der Waals surface area contributed by atoms with Crippen molar-refractivity contribution in [3.05, 3.63) is 27.8 Å². The fourth-order valence-corrected chi connectivity index (χ4v) is 1.70. The Bertz CT molecular complexity index is 444. The van der Waals surface area contributed by atoms with Crippen molar-refractivity contribution in [1.82, 2.24) is 15.0 Å². The summed E-state index contributed by atoms with van der Waals surface area (Å²) in [6.07, 6.45) is 3.26. The van der Waals surface area contributed by atoms with Crippen LogP contribution in [0.4, 0.5) is 11.8 Å². The van der Waals surface area contributed by atoms with Crippen LogP contribution in [0.15, 0.2) is 17.9 Å². The molecule has 0 saturated carbocycles. The van der Waals surface area contributed by atoms with Gasteiger partial charge in [0.2, 0.25) is 5.95 Å². The van der Waals surface area contributed by atoms with Crippen molar-refractivity contribution in [1.29, 1.82) is 0 Å². The molecule has 0 aliphatic rings. The second-order valence-corrected chi connectivity index (χ2v) is 4.12. The Kier molecular flexibility index (Phi) is 2.98. The topological polar surface area (TPSA) is 76.7 Å². The second kappa shape index (κ2) is 4.41. The van der Waals surface area contributed by atoms with Crippen molar-refractivity contribution in [2.45, 2.75) is 6.54 Å². The lowest BCUT2D eigenvalue weighted by atomic mass is 10.5. The zero-order valence-corrected chi connectivity index (χ0v) is 9.22. The highest BCUT2D eigenvalue weighted by atomic mass is 35.5. The molecule has 0 aromatic carbocycles. The number of nitrogens with two attached hydrogens (primary N) is 1. The number of hydrogen-bond acceptors (Lipinski definition) is 6. The summed E-state index contributed by atoms with van der Waals surface area (Å²) in [6, 6.07) is 0. The van der Waals surface area contributed by atoms with E-state index in [0.717, 1.165) is 4.88 Å². The minimum Gasteiger partial charge on any atom is -0.368 e. The highest BCUT2D eigenvalue weighted by molar-refractivity contribution is 7.09. The Hall–Kier alpha value is -1.40. The number of halogens is 1. The van der Waals surface area contributed by atoms with Gasteiger partial charge in [-0.3, -0.25) is 4.98 Å². The van der Waals surface area contributed by atoms with Crippen LogP contribution < -0.4 is 11.1 Å². The number of nitrogen functional groups attached to an aromatic ring is 1. The van der Waals surface area contributed by atoms with E-state index >= 15 is 0 Å². The summed E-state index contributed by atoms with van der Waals surface area (Å²) in [5.41, 5.74) is 7.22. The van der Waals surface area contributed by atoms with E-state index in [-0.39, 0.29) is 5.95 Å². The smallest absolute Gasteiger partial charge is 0.222 e. The molecular formula is C8H8ClN5S. The Morgan fingerprint density at radius 1 is 1.47 bits per heavy atom. The van der Waals surface area contributed by atoms with Gasteiger partial charge in [0.25, 0.3) is 0 Å². The number of thiazole rings is 1. The number of anilines is 2. The highest BCUT2D eigenvalue weighted by Gasteiger charge is 2.03. The summed E-state index contributed by atoms with van der Waals surface area (Å²) in [5, 5.41) is 3.52. The van der Waals surface area contributed by atoms with Crippen molar-refractivity contribution in [3.63, 3.8) is 0 Å². The van der Waals surface area contributed by atoms with Crippen molar-refractivity contribution < 1.29 is 0 Å². The standard InChI is InChI=1S/C8H8ClN5S/c9-6-3-13-8(10)14-7(6)12-2-5-1-11-4-15-5/h1,3-4H,2H2,(H3,10,12,13,14). The maximum atomic E-state index is 5.88. The maximum Gasteiger partial charge on any atom is 0.222 e. The van der Waals surface area contributed by atoms with Crippen LogP contribution in [-0.4, -0.2) is 15.0 Å². The summed E-state index contributed by atoms with van der Waals surface area (Å²) in [4.78, 5) is 12.8. The quantitative estimate of drug-likeness (QED) is 0.857. The molecule has 0 atom stereocenters. The van der Waals surface area contributed by atoms with Gasteiger partial charge in [-0.2, -0.15) is 4.98 Å². The predicted octanol–water partition coefficient (Wildman–Crippen LogP) is 1.78. The molecule has 0 fully saturated rings. The average Bonchev–Trinajstić information content (AvgIpc) is 2.72. The number of nitrogens with zero attached hydrogens (tertiary/aromatic N) is 3. The third kappa shape index (κ3) is 2.54. The van der Waals surface area contributed by atoms with Crippen molar-refractivity contribution in [2.24, 2.45) is 0 Å². The molecule has 0 radical (unpaired) electrons. The summed E-state index contributed by atoms with van der Waals surface area (Å²) in [5.74, 6) is 0.740. The molecule has 78 valence electrons. The van der Waals surface area contributed by atoms with E-state index in [4.69, 9.17) is 17.3 Å². The second-order valence-electron chi connectivity index (χ2n) is 2.75. The molecule has 0 bridgehead atoms. The minimum absolute atomic E-state index is 0.200. The summed E-state index contributed by atoms with van der Waals surface area (Å²) in [6.45, 7) is 0.626. The van der Waals surface area contributed by atoms with E-state index in [1.807, 2.05) is 0 Å². The lowest BCUT2D eigenvalue weighted by Crippen LogP contribution is -2.03. The Morgan fingerprint density at radius 3 is 3.07 bits per heavy atom. The first-order valence-corrected chi connectivity index (χ1v) is 5.40. The van der Waals surface area contributed by atoms with Crippen LogP contribution in [0.5, 0.6) is 0 Å². The van der Waals surface area contributed by atoms with Gasteiger partial charge < -0.3 is 11.1 Å². The third-order valence-corrected chi connectivity index (χ3v) is 2.73. The van der Waals surface area contributed by atoms with E-state index in [1.54, 1.807) is 23.0 Å². The lowest BCUT2D eigenvalue weighted by molar-refractivity contribution is 1.10. The van der Waals surface area contributed by atoms with Gasteiger partial charge >= 0.3 is 0 Å². The number of nitrogens with one attached hydrogen (secondary N) is 1. The van der Waals surface area contributed by atoms with Gasteiger partial charge in [0.05, 0.1) is 18.3 Å². The van der Waals surface area contributed by atoms with Gasteiger partial charge in [-0.1, -0.05) is 11.6 Å². The predicted molar refractivity (Wildman–Crippen MR) is 60.9 cm³/mol. The maximum absolute atomic E-state index is 5.88. The molecule has 2 aromatic rings. The molecule has 7 heteroatoms. The molecule has 0 saturated heterocycles. The van der Waals surface area contributed by atoms with Crippen LogP contribution in [-0.2, 0) is 6.54 Å². The molecule has 0 aliphatic heterocycles. The van der Waals surface area contributed by atoms with Crippen LogP contribution in [0.2, 0.25) is 5.02 Å². The van der Waals surface area contributed by atoms with Gasteiger partial charge in [0, 0.05) is 11.1 Å². The van der Waals surface area contributed by atoms with Gasteiger partial charge in [-0.25, -0.2) is 4.98 Å². The summed E-state index contributed by atoms with van der Waals surface area (Å²) < 4.78 is 0. The van der Waals surface area contributed by atoms with Gasteiger partial charge in [-0.05, 0) is 0 Å². The number of rotatable bonds is 3. The summed E-state index contributed by atoms with van der Waals surface area (Å²) >= 11 is 7.44. The van der Waals surface area contributed by atoms with Crippen molar-refractivity contribution >= 4 is 34.7 Å². The molecule has 2 heterocycles. The lowest BCUT2D eigenvalue weighted by Gasteiger charge is -2.05. The number of hydrogen-bond donors (Lipinski definition) is 2. The fourth-order valence-electron chi connectivity index (χ4n) is 1.01. The SMILES string of the molecule is Nc1ncc(Cl)c(NCc2cncs2)n1. The molecule has 2 rings (SSSR count). The third-order valence-electron chi connectivity index (χ3n) is 1.68. The Balaban J connectivity index is 2.07. The first-order chi connectivity index (χ1) is 7.25. The van der Waals surface area contributed by atoms with Crippen LogP contribution in [0, 0.1) is 0 Å². The zero-order chi connectivity index (χ0) is 10.7. The van der Waals surface area contributed by atoms with E-state index in [2.05, 4.69) is 20.3 Å². The van der Waals surface area contributed by atoms with Crippen LogP contribution in [0.1, 0.15) is 4.88 Å². The average molecular weight is 242 g/mol. The van der Waals surface area contributed by atoms with E-state index in [9.17, 15) is 0 Å². The van der Waals surface area contributed by atoms with Crippen molar-refractivity contribution in [2.75, 3.05) is 11.1 Å². The molecular weight excluding hydrogens is 234 g/mol. The van der Waals surface area contributed by atoms with Gasteiger partial charge in [0.1, 0.15) is 5.02 Å². The van der Waals surface area contributed by atoms with E-state index < -0.39 is 0 Å².